The second-order valence-electron chi connectivity index (χ2n) is 5.72. The molecule has 0 saturated heterocycles. The van der Waals surface area contributed by atoms with E-state index in [1.807, 2.05) is 0 Å². The lowest BCUT2D eigenvalue weighted by atomic mass is 10.1. The van der Waals surface area contributed by atoms with Gasteiger partial charge in [0.2, 0.25) is 5.82 Å². The Kier molecular flexibility index (Phi) is 5.60. The Morgan fingerprint density at radius 2 is 1.88 bits per heavy atom. The summed E-state index contributed by atoms with van der Waals surface area (Å²) < 4.78 is 5.51. The van der Waals surface area contributed by atoms with Crippen molar-refractivity contribution in [2.75, 3.05) is 6.61 Å². The number of aromatic nitrogens is 4. The molecule has 2 aromatic carbocycles. The number of carbonyl (C=O) groups excluding carboxylic acids is 1. The summed E-state index contributed by atoms with van der Waals surface area (Å²) in [5.41, 5.74) is 1.40. The van der Waals surface area contributed by atoms with Crippen molar-refractivity contribution in [3.8, 4) is 17.1 Å². The molecule has 1 heterocycles. The van der Waals surface area contributed by atoms with Crippen molar-refractivity contribution in [3.05, 3.63) is 59.1 Å². The molecule has 0 bridgehead atoms. The van der Waals surface area contributed by atoms with E-state index in [1.54, 1.807) is 48.5 Å². The Hall–Kier alpha value is -2.77. The van der Waals surface area contributed by atoms with Gasteiger partial charge in [0.15, 0.2) is 5.78 Å². The Balaban J connectivity index is 1.54. The van der Waals surface area contributed by atoms with E-state index in [2.05, 4.69) is 15.4 Å². The van der Waals surface area contributed by atoms with E-state index in [4.69, 9.17) is 16.3 Å². The summed E-state index contributed by atoms with van der Waals surface area (Å²) in [4.78, 5) is 12.6. The second kappa shape index (κ2) is 8.07. The Bertz CT molecular complexity index is 878. The number of hydrogen-bond acceptors (Lipinski definition) is 6. The molecule has 0 spiro atoms. The quantitative estimate of drug-likeness (QED) is 0.641. The predicted octanol–water partition coefficient (Wildman–Crippen LogP) is 2.64. The third kappa shape index (κ3) is 4.65. The van der Waals surface area contributed by atoms with Crippen LogP contribution < -0.4 is 4.74 Å². The van der Waals surface area contributed by atoms with Crippen molar-refractivity contribution in [1.29, 1.82) is 0 Å². The summed E-state index contributed by atoms with van der Waals surface area (Å²) in [6, 6.07) is 13.8. The topological polar surface area (TPSA) is 90.1 Å². The van der Waals surface area contributed by atoms with Gasteiger partial charge in [-0.15, -0.1) is 10.2 Å². The third-order valence-electron chi connectivity index (χ3n) is 3.63. The largest absolute Gasteiger partial charge is 0.491 e. The van der Waals surface area contributed by atoms with Crippen molar-refractivity contribution < 1.29 is 14.6 Å². The van der Waals surface area contributed by atoms with Gasteiger partial charge in [-0.25, -0.2) is 0 Å². The number of benzene rings is 2. The first kappa shape index (κ1) is 18.0. The lowest BCUT2D eigenvalue weighted by Crippen LogP contribution is -2.25. The molecular weight excluding hydrogens is 356 g/mol. The average Bonchev–Trinajstić information content (AvgIpc) is 3.09. The number of halogens is 1. The van der Waals surface area contributed by atoms with Crippen LogP contribution in [0.5, 0.6) is 5.75 Å². The molecule has 0 amide bonds. The fourth-order valence-electron chi connectivity index (χ4n) is 2.25. The van der Waals surface area contributed by atoms with Gasteiger partial charge in [0.25, 0.3) is 0 Å². The molecular formula is C18H17ClN4O3. The van der Waals surface area contributed by atoms with E-state index in [0.29, 0.717) is 22.2 Å². The minimum absolute atomic E-state index is 0.00895. The zero-order chi connectivity index (χ0) is 18.5. The molecule has 134 valence electrons. The molecule has 0 aliphatic carbocycles. The number of tetrazole rings is 1. The van der Waals surface area contributed by atoms with Crippen LogP contribution in [0.4, 0.5) is 0 Å². The van der Waals surface area contributed by atoms with Crippen LogP contribution in [-0.4, -0.2) is 43.8 Å². The highest BCUT2D eigenvalue weighted by Crippen LogP contribution is 2.17. The molecule has 1 N–H and O–H groups in total. The molecule has 0 saturated carbocycles. The van der Waals surface area contributed by atoms with E-state index in [0.717, 1.165) is 5.56 Å². The fraction of sp³-hybridized carbons (Fsp3) is 0.222. The Morgan fingerprint density at radius 3 is 2.54 bits per heavy atom. The lowest BCUT2D eigenvalue weighted by Gasteiger charge is -2.11. The number of carbonyl (C=O) groups is 1. The maximum atomic E-state index is 11.2. The van der Waals surface area contributed by atoms with Crippen molar-refractivity contribution in [1.82, 2.24) is 20.2 Å². The average molecular weight is 373 g/mol. The fourth-order valence-corrected chi connectivity index (χ4v) is 2.38. The summed E-state index contributed by atoms with van der Waals surface area (Å²) in [5.74, 6) is 1.02. The first-order valence-corrected chi connectivity index (χ1v) is 8.34. The second-order valence-corrected chi connectivity index (χ2v) is 6.16. The van der Waals surface area contributed by atoms with Gasteiger partial charge < -0.3 is 9.84 Å². The monoisotopic (exact) mass is 372 g/mol. The zero-order valence-corrected chi connectivity index (χ0v) is 14.8. The first-order chi connectivity index (χ1) is 12.5. The molecule has 8 heteroatoms. The number of nitrogens with zero attached hydrogens (tertiary/aromatic N) is 4. The molecule has 7 nitrogen and oxygen atoms in total. The molecule has 1 unspecified atom stereocenters. The van der Waals surface area contributed by atoms with E-state index >= 15 is 0 Å². The molecule has 26 heavy (non-hydrogen) atoms. The Morgan fingerprint density at radius 1 is 1.19 bits per heavy atom. The van der Waals surface area contributed by atoms with E-state index < -0.39 is 6.10 Å². The SMILES string of the molecule is CC(=O)c1ccc(OCC(O)Cn2nnc(-c3ccc(Cl)cc3)n2)cc1. The maximum Gasteiger partial charge on any atom is 0.204 e. The van der Waals surface area contributed by atoms with E-state index in [9.17, 15) is 9.90 Å². The number of aliphatic hydroxyl groups is 1. The van der Waals surface area contributed by atoms with Crippen molar-refractivity contribution in [3.63, 3.8) is 0 Å². The summed E-state index contributed by atoms with van der Waals surface area (Å²) in [6.45, 7) is 1.71. The minimum atomic E-state index is -0.810. The van der Waals surface area contributed by atoms with Crippen LogP contribution >= 0.6 is 11.6 Å². The van der Waals surface area contributed by atoms with Crippen LogP contribution in [-0.2, 0) is 6.54 Å². The molecule has 1 aromatic heterocycles. The third-order valence-corrected chi connectivity index (χ3v) is 3.88. The number of ketones is 1. The standard InChI is InChI=1S/C18H17ClN4O3/c1-12(24)13-4-8-17(9-5-13)26-11-16(25)10-23-21-18(20-22-23)14-2-6-15(19)7-3-14/h2-9,16,25H,10-11H2,1H3. The molecule has 0 fully saturated rings. The van der Waals surface area contributed by atoms with Crippen molar-refractivity contribution in [2.45, 2.75) is 19.6 Å². The summed E-state index contributed by atoms with van der Waals surface area (Å²) >= 11 is 5.86. The van der Waals surface area contributed by atoms with Crippen LogP contribution in [0.15, 0.2) is 48.5 Å². The summed E-state index contributed by atoms with van der Waals surface area (Å²) in [5, 5.41) is 22.9. The van der Waals surface area contributed by atoms with Crippen LogP contribution in [0.3, 0.4) is 0 Å². The maximum absolute atomic E-state index is 11.2. The number of Topliss-reactive ketones (excluding diaryl/α,β-unsaturated/α-hetero) is 1. The van der Waals surface area contributed by atoms with Crippen molar-refractivity contribution >= 4 is 17.4 Å². The van der Waals surface area contributed by atoms with Gasteiger partial charge in [0.1, 0.15) is 18.5 Å². The number of hydrogen-bond donors (Lipinski definition) is 1. The molecule has 3 rings (SSSR count). The summed E-state index contributed by atoms with van der Waals surface area (Å²) in [6.07, 6.45) is -0.810. The van der Waals surface area contributed by atoms with Gasteiger partial charge >= 0.3 is 0 Å². The molecule has 0 aliphatic heterocycles. The number of aliphatic hydroxyl groups excluding tert-OH is 1. The van der Waals surface area contributed by atoms with Crippen LogP contribution in [0.2, 0.25) is 5.02 Å². The van der Waals surface area contributed by atoms with Crippen molar-refractivity contribution in [2.24, 2.45) is 0 Å². The van der Waals surface area contributed by atoms with E-state index in [-0.39, 0.29) is 18.9 Å². The Labute approximate surface area is 155 Å². The summed E-state index contributed by atoms with van der Waals surface area (Å²) in [7, 11) is 0. The normalized spacial score (nSPS) is 12.0. The van der Waals surface area contributed by atoms with Gasteiger partial charge in [0.05, 0.1) is 6.54 Å². The zero-order valence-electron chi connectivity index (χ0n) is 14.0. The van der Waals surface area contributed by atoms with Crippen LogP contribution in [0.1, 0.15) is 17.3 Å². The lowest BCUT2D eigenvalue weighted by molar-refractivity contribution is 0.0849. The molecule has 3 aromatic rings. The van der Waals surface area contributed by atoms with Crippen LogP contribution in [0, 0.1) is 0 Å². The van der Waals surface area contributed by atoms with Gasteiger partial charge in [-0.3, -0.25) is 4.79 Å². The van der Waals surface area contributed by atoms with Gasteiger partial charge in [0, 0.05) is 16.1 Å². The highest BCUT2D eigenvalue weighted by molar-refractivity contribution is 6.30. The molecule has 1 atom stereocenters. The van der Waals surface area contributed by atoms with Gasteiger partial charge in [-0.1, -0.05) is 11.6 Å². The molecule has 0 aliphatic rings. The highest BCUT2D eigenvalue weighted by atomic mass is 35.5. The smallest absolute Gasteiger partial charge is 0.204 e. The first-order valence-electron chi connectivity index (χ1n) is 7.97. The highest BCUT2D eigenvalue weighted by Gasteiger charge is 2.11. The number of rotatable bonds is 7. The van der Waals surface area contributed by atoms with Gasteiger partial charge in [-0.05, 0) is 60.7 Å². The predicted molar refractivity (Wildman–Crippen MR) is 96.2 cm³/mol. The van der Waals surface area contributed by atoms with Gasteiger partial charge in [-0.2, -0.15) is 4.80 Å². The van der Waals surface area contributed by atoms with E-state index in [1.165, 1.54) is 11.7 Å². The molecule has 0 radical (unpaired) electrons. The number of ether oxygens (including phenoxy) is 1. The van der Waals surface area contributed by atoms with Crippen LogP contribution in [0.25, 0.3) is 11.4 Å². The minimum Gasteiger partial charge on any atom is -0.491 e.